The number of rotatable bonds is 4. The highest BCUT2D eigenvalue weighted by atomic mass is 35.5. The first kappa shape index (κ1) is 34.3. The molecule has 54 heavy (non-hydrogen) atoms. The van der Waals surface area contributed by atoms with Crippen LogP contribution in [0.2, 0.25) is 5.02 Å². The van der Waals surface area contributed by atoms with Crippen LogP contribution in [-0.2, 0) is 10.8 Å². The summed E-state index contributed by atoms with van der Waals surface area (Å²) in [5, 5.41) is 0.732. The van der Waals surface area contributed by atoms with Gasteiger partial charge in [0.25, 0.3) is 6.71 Å². The zero-order valence-corrected chi connectivity index (χ0v) is 32.6. The first-order valence-electron chi connectivity index (χ1n) is 19.0. The molecule has 264 valence electrons. The van der Waals surface area contributed by atoms with Gasteiger partial charge < -0.3 is 9.80 Å². The number of halogens is 1. The van der Waals surface area contributed by atoms with E-state index in [0.717, 1.165) is 16.4 Å². The molecule has 0 radical (unpaired) electrons. The molecule has 0 aromatic heterocycles. The topological polar surface area (TPSA) is 6.48 Å². The van der Waals surface area contributed by atoms with E-state index in [1.54, 1.807) is 0 Å². The predicted octanol–water partition coefficient (Wildman–Crippen LogP) is 12.4. The lowest BCUT2D eigenvalue weighted by Gasteiger charge is -2.45. The van der Waals surface area contributed by atoms with Crippen molar-refractivity contribution in [2.24, 2.45) is 0 Å². The van der Waals surface area contributed by atoms with E-state index in [2.05, 4.69) is 197 Å². The molecular formula is C50H44BClN2. The molecular weight excluding hydrogens is 675 g/mol. The molecule has 0 bridgehead atoms. The third-order valence-corrected chi connectivity index (χ3v) is 11.5. The van der Waals surface area contributed by atoms with Crippen LogP contribution in [0.4, 0.5) is 34.1 Å². The van der Waals surface area contributed by atoms with E-state index >= 15 is 0 Å². The number of anilines is 6. The van der Waals surface area contributed by atoms with Gasteiger partial charge in [-0.15, -0.1) is 0 Å². The molecule has 0 saturated carbocycles. The van der Waals surface area contributed by atoms with Crippen molar-refractivity contribution in [3.8, 4) is 22.3 Å². The molecule has 0 N–H and O–H groups in total. The maximum Gasteiger partial charge on any atom is 0.252 e. The van der Waals surface area contributed by atoms with Gasteiger partial charge in [0.15, 0.2) is 0 Å². The zero-order valence-electron chi connectivity index (χ0n) is 31.9. The average Bonchev–Trinajstić information content (AvgIpc) is 3.18. The maximum absolute atomic E-state index is 6.53. The Morgan fingerprint density at radius 1 is 0.407 bits per heavy atom. The van der Waals surface area contributed by atoms with Crippen molar-refractivity contribution < 1.29 is 0 Å². The molecule has 7 aromatic carbocycles. The van der Waals surface area contributed by atoms with Gasteiger partial charge in [-0.25, -0.2) is 0 Å². The van der Waals surface area contributed by atoms with Gasteiger partial charge >= 0.3 is 0 Å². The van der Waals surface area contributed by atoms with E-state index < -0.39 is 0 Å². The molecule has 0 aliphatic carbocycles. The van der Waals surface area contributed by atoms with Crippen LogP contribution >= 0.6 is 11.6 Å². The molecule has 2 heterocycles. The summed E-state index contributed by atoms with van der Waals surface area (Å²) in [6.07, 6.45) is 0. The van der Waals surface area contributed by atoms with Crippen molar-refractivity contribution >= 4 is 68.8 Å². The van der Waals surface area contributed by atoms with Gasteiger partial charge in [-0.3, -0.25) is 0 Å². The Bertz CT molecular complexity index is 2510. The first-order chi connectivity index (χ1) is 26.0. The molecule has 4 heteroatoms. The van der Waals surface area contributed by atoms with Crippen LogP contribution in [0.3, 0.4) is 0 Å². The minimum atomic E-state index is -0.0967. The van der Waals surface area contributed by atoms with Crippen molar-refractivity contribution in [2.45, 2.75) is 52.4 Å². The minimum absolute atomic E-state index is 0.0208. The Morgan fingerprint density at radius 2 is 0.889 bits per heavy atom. The van der Waals surface area contributed by atoms with Crippen molar-refractivity contribution in [3.63, 3.8) is 0 Å². The SMILES string of the molecule is CC(C)(C)c1ccc2c(c1)N(c1ccc(Cl)cc1)c1cc(C(C)(C)C)cc3c1B2c1cc(-c2ccccc2)ccc1N3c1ccc(-c2ccccc2)cc1. The molecule has 9 rings (SSSR count). The Kier molecular flexibility index (Phi) is 8.14. The normalized spacial score (nSPS) is 13.4. The van der Waals surface area contributed by atoms with E-state index in [0.29, 0.717) is 0 Å². The molecule has 0 fully saturated rings. The first-order valence-corrected chi connectivity index (χ1v) is 19.4. The third kappa shape index (κ3) is 5.83. The largest absolute Gasteiger partial charge is 0.311 e. The summed E-state index contributed by atoms with van der Waals surface area (Å²) in [6.45, 7) is 13.9. The van der Waals surface area contributed by atoms with Crippen LogP contribution in [0.1, 0.15) is 52.7 Å². The van der Waals surface area contributed by atoms with Gasteiger partial charge in [-0.2, -0.15) is 0 Å². The summed E-state index contributed by atoms with van der Waals surface area (Å²) in [6, 6.07) is 58.1. The van der Waals surface area contributed by atoms with Crippen molar-refractivity contribution in [1.82, 2.24) is 0 Å². The molecule has 0 amide bonds. The van der Waals surface area contributed by atoms with Crippen LogP contribution in [0.5, 0.6) is 0 Å². The fourth-order valence-electron chi connectivity index (χ4n) is 8.29. The standard InChI is InChI=1S/C50H44BClN2/c1-49(2,3)37-20-27-42-45(30-37)54(41-25-21-39(52)22-26-41)47-32-38(50(4,5)6)31-46-48(47)51(42)43-29-36(34-15-11-8-12-16-34)19-28-44(43)53(46)40-23-17-35(18-24-40)33-13-9-7-10-14-33/h7-32H,1-6H3. The van der Waals surface area contributed by atoms with E-state index in [1.807, 2.05) is 12.1 Å². The third-order valence-electron chi connectivity index (χ3n) is 11.2. The van der Waals surface area contributed by atoms with E-state index in [4.69, 9.17) is 11.6 Å². The van der Waals surface area contributed by atoms with Crippen LogP contribution in [-0.4, -0.2) is 6.71 Å². The molecule has 0 unspecified atom stereocenters. The van der Waals surface area contributed by atoms with Crippen LogP contribution < -0.4 is 26.2 Å². The Balaban J connectivity index is 1.37. The lowest BCUT2D eigenvalue weighted by atomic mass is 9.33. The molecule has 2 aliphatic heterocycles. The number of nitrogens with zero attached hydrogens (tertiary/aromatic N) is 2. The predicted molar refractivity (Wildman–Crippen MR) is 234 cm³/mol. The summed E-state index contributed by atoms with van der Waals surface area (Å²) in [4.78, 5) is 5.01. The monoisotopic (exact) mass is 718 g/mol. The molecule has 2 nitrogen and oxygen atoms in total. The summed E-state index contributed by atoms with van der Waals surface area (Å²) < 4.78 is 0. The molecule has 0 atom stereocenters. The second kappa shape index (κ2) is 12.8. The van der Waals surface area contributed by atoms with Gasteiger partial charge in [-0.05, 0) is 121 Å². The van der Waals surface area contributed by atoms with Crippen LogP contribution in [0.25, 0.3) is 22.3 Å². The average molecular weight is 719 g/mol. The van der Waals surface area contributed by atoms with Gasteiger partial charge in [0.05, 0.1) is 0 Å². The molecule has 0 saturated heterocycles. The highest BCUT2D eigenvalue weighted by Gasteiger charge is 2.44. The fourth-order valence-corrected chi connectivity index (χ4v) is 8.41. The molecule has 7 aromatic rings. The smallest absolute Gasteiger partial charge is 0.252 e. The van der Waals surface area contributed by atoms with Crippen LogP contribution in [0, 0.1) is 0 Å². The maximum atomic E-state index is 6.53. The quantitative estimate of drug-likeness (QED) is 0.167. The van der Waals surface area contributed by atoms with Crippen molar-refractivity contribution in [3.05, 3.63) is 174 Å². The minimum Gasteiger partial charge on any atom is -0.311 e. The number of hydrogen-bond acceptors (Lipinski definition) is 2. The summed E-state index contributed by atoms with van der Waals surface area (Å²) in [5.74, 6) is 0. The van der Waals surface area contributed by atoms with Gasteiger partial charge in [-0.1, -0.05) is 150 Å². The van der Waals surface area contributed by atoms with E-state index in [9.17, 15) is 0 Å². The lowest BCUT2D eigenvalue weighted by molar-refractivity contribution is 0.590. The van der Waals surface area contributed by atoms with E-state index in [-0.39, 0.29) is 17.5 Å². The highest BCUT2D eigenvalue weighted by molar-refractivity contribution is 7.00. The van der Waals surface area contributed by atoms with Gasteiger partial charge in [0, 0.05) is 39.1 Å². The van der Waals surface area contributed by atoms with E-state index in [1.165, 1.54) is 72.5 Å². The Hall–Kier alpha value is -5.51. The number of fused-ring (bicyclic) bond motifs is 4. The van der Waals surface area contributed by atoms with Crippen molar-refractivity contribution in [1.29, 1.82) is 0 Å². The van der Waals surface area contributed by atoms with Crippen LogP contribution in [0.15, 0.2) is 158 Å². The van der Waals surface area contributed by atoms with Gasteiger partial charge in [0.1, 0.15) is 0 Å². The fraction of sp³-hybridized carbons (Fsp3) is 0.160. The highest BCUT2D eigenvalue weighted by Crippen LogP contribution is 2.47. The zero-order chi connectivity index (χ0) is 37.4. The van der Waals surface area contributed by atoms with Crippen molar-refractivity contribution in [2.75, 3.05) is 9.80 Å². The van der Waals surface area contributed by atoms with Gasteiger partial charge in [0.2, 0.25) is 0 Å². The number of benzene rings is 7. The second-order valence-corrected chi connectivity index (χ2v) is 17.3. The Labute approximate surface area is 325 Å². The summed E-state index contributed by atoms with van der Waals surface area (Å²) in [5.41, 5.74) is 18.4. The second-order valence-electron chi connectivity index (χ2n) is 16.8. The summed E-state index contributed by atoms with van der Waals surface area (Å²) in [7, 11) is 0. The Morgan fingerprint density at radius 3 is 1.46 bits per heavy atom. The number of hydrogen-bond donors (Lipinski definition) is 0. The molecule has 0 spiro atoms. The molecule has 2 aliphatic rings. The lowest BCUT2D eigenvalue weighted by Crippen LogP contribution is -2.61. The summed E-state index contributed by atoms with van der Waals surface area (Å²) >= 11 is 6.53.